The predicted molar refractivity (Wildman–Crippen MR) is 101 cm³/mol. The van der Waals surface area contributed by atoms with Gasteiger partial charge in [0.2, 0.25) is 0 Å². The van der Waals surface area contributed by atoms with Crippen molar-refractivity contribution in [3.05, 3.63) is 70.1 Å². The number of aromatic nitrogens is 2. The molecular weight excluding hydrogens is 338 g/mol. The molecule has 0 bridgehead atoms. The van der Waals surface area contributed by atoms with E-state index in [-0.39, 0.29) is 22.0 Å². The number of nitrogens with zero attached hydrogens (tertiary/aromatic N) is 2. The van der Waals surface area contributed by atoms with Gasteiger partial charge in [-0.2, -0.15) is 0 Å². The van der Waals surface area contributed by atoms with Crippen molar-refractivity contribution in [2.24, 2.45) is 7.05 Å². The van der Waals surface area contributed by atoms with Crippen molar-refractivity contribution in [2.45, 2.75) is 6.92 Å². The van der Waals surface area contributed by atoms with Gasteiger partial charge >= 0.3 is 0 Å². The highest BCUT2D eigenvalue weighted by atomic mass is 32.1. The highest BCUT2D eigenvalue weighted by Gasteiger charge is 2.18. The van der Waals surface area contributed by atoms with Gasteiger partial charge in [0, 0.05) is 13.1 Å². The van der Waals surface area contributed by atoms with Crippen LogP contribution < -0.4 is 10.9 Å². The van der Waals surface area contributed by atoms with Crippen molar-refractivity contribution in [3.63, 3.8) is 0 Å². The second kappa shape index (κ2) is 6.45. The van der Waals surface area contributed by atoms with Crippen molar-refractivity contribution in [3.8, 4) is 17.2 Å². The van der Waals surface area contributed by atoms with Crippen molar-refractivity contribution in [1.29, 1.82) is 0 Å². The molecule has 0 aliphatic carbocycles. The number of thiocarbonyl (C=S) groups is 1. The van der Waals surface area contributed by atoms with Crippen LogP contribution in [0.25, 0.3) is 5.69 Å². The largest absolute Gasteiger partial charge is 0.508 e. The van der Waals surface area contributed by atoms with Gasteiger partial charge in [-0.15, -0.1) is 0 Å². The number of phenolic OH excluding ortho intramolecular Hbond substituents is 2. The Morgan fingerprint density at radius 2 is 1.80 bits per heavy atom. The minimum Gasteiger partial charge on any atom is -0.508 e. The molecule has 0 fully saturated rings. The summed E-state index contributed by atoms with van der Waals surface area (Å²) in [5.41, 5.74) is 1.87. The molecule has 3 rings (SSSR count). The van der Waals surface area contributed by atoms with Gasteiger partial charge in [0.15, 0.2) is 0 Å². The molecule has 0 aliphatic rings. The van der Waals surface area contributed by atoms with E-state index >= 15 is 0 Å². The Bertz CT molecular complexity index is 1010. The number of aromatic hydroxyl groups is 2. The van der Waals surface area contributed by atoms with Crippen LogP contribution in [-0.4, -0.2) is 24.6 Å². The normalized spacial score (nSPS) is 10.6. The Balaban J connectivity index is 2.02. The monoisotopic (exact) mass is 355 g/mol. The Morgan fingerprint density at radius 1 is 1.12 bits per heavy atom. The van der Waals surface area contributed by atoms with Crippen LogP contribution in [0, 0.1) is 6.92 Å². The lowest BCUT2D eigenvalue weighted by Crippen LogP contribution is -2.22. The van der Waals surface area contributed by atoms with E-state index in [1.165, 1.54) is 22.9 Å². The molecule has 1 aromatic heterocycles. The van der Waals surface area contributed by atoms with Crippen LogP contribution in [0.15, 0.2) is 53.3 Å². The number of phenols is 2. The Morgan fingerprint density at radius 3 is 2.44 bits per heavy atom. The smallest absolute Gasteiger partial charge is 0.295 e. The van der Waals surface area contributed by atoms with E-state index in [9.17, 15) is 15.0 Å². The lowest BCUT2D eigenvalue weighted by atomic mass is 10.2. The van der Waals surface area contributed by atoms with Gasteiger partial charge in [0.25, 0.3) is 5.56 Å². The zero-order valence-electron chi connectivity index (χ0n) is 13.7. The number of benzene rings is 2. The summed E-state index contributed by atoms with van der Waals surface area (Å²) in [6.07, 6.45) is 0. The first-order valence-corrected chi connectivity index (χ1v) is 7.98. The van der Waals surface area contributed by atoms with Crippen LogP contribution in [0.1, 0.15) is 11.3 Å². The molecule has 25 heavy (non-hydrogen) atoms. The van der Waals surface area contributed by atoms with Crippen LogP contribution >= 0.6 is 12.2 Å². The average Bonchev–Trinajstić information content (AvgIpc) is 2.79. The van der Waals surface area contributed by atoms with E-state index in [1.807, 2.05) is 37.3 Å². The van der Waals surface area contributed by atoms with Gasteiger partial charge < -0.3 is 15.5 Å². The molecule has 3 N–H and O–H groups in total. The molecule has 128 valence electrons. The molecule has 0 aliphatic heterocycles. The maximum Gasteiger partial charge on any atom is 0.295 e. The molecule has 1 heterocycles. The minimum absolute atomic E-state index is 0.0635. The quantitative estimate of drug-likeness (QED) is 0.630. The molecule has 0 saturated carbocycles. The minimum atomic E-state index is -0.244. The summed E-state index contributed by atoms with van der Waals surface area (Å²) in [4.78, 5) is 13.0. The lowest BCUT2D eigenvalue weighted by Gasteiger charge is -2.09. The summed E-state index contributed by atoms with van der Waals surface area (Å²) >= 11 is 5.31. The van der Waals surface area contributed by atoms with Crippen LogP contribution in [0.4, 0.5) is 5.69 Å². The summed E-state index contributed by atoms with van der Waals surface area (Å²) < 4.78 is 3.27. The van der Waals surface area contributed by atoms with E-state index in [1.54, 1.807) is 11.7 Å². The third kappa shape index (κ3) is 3.01. The van der Waals surface area contributed by atoms with E-state index in [0.29, 0.717) is 16.9 Å². The fourth-order valence-corrected chi connectivity index (χ4v) is 2.88. The van der Waals surface area contributed by atoms with E-state index < -0.39 is 0 Å². The van der Waals surface area contributed by atoms with Crippen molar-refractivity contribution < 1.29 is 10.2 Å². The standard InChI is InChI=1S/C18H17N3O3S/c1-11-16(19-17(25)14-9-8-13(22)10-15(14)23)18(24)21(20(11)2)12-6-4-3-5-7-12/h3-10,22-23H,1-2H3,(H,19,25). The fraction of sp³-hybridized carbons (Fsp3) is 0.111. The predicted octanol–water partition coefficient (Wildman–Crippen LogP) is 2.68. The molecule has 6 nitrogen and oxygen atoms in total. The molecule has 2 aromatic carbocycles. The number of hydrogen-bond acceptors (Lipinski definition) is 4. The Labute approximate surface area is 149 Å². The number of hydrogen-bond donors (Lipinski definition) is 3. The Hall–Kier alpha value is -3.06. The molecule has 0 amide bonds. The number of para-hydroxylation sites is 1. The third-order valence-corrected chi connectivity index (χ3v) is 4.34. The van der Waals surface area contributed by atoms with Crippen LogP contribution in [0.2, 0.25) is 0 Å². The van der Waals surface area contributed by atoms with Crippen molar-refractivity contribution in [1.82, 2.24) is 9.36 Å². The van der Waals surface area contributed by atoms with Crippen molar-refractivity contribution in [2.75, 3.05) is 5.32 Å². The average molecular weight is 355 g/mol. The topological polar surface area (TPSA) is 79.4 Å². The zero-order valence-corrected chi connectivity index (χ0v) is 14.5. The first-order valence-electron chi connectivity index (χ1n) is 7.57. The highest BCUT2D eigenvalue weighted by molar-refractivity contribution is 7.81. The summed E-state index contributed by atoms with van der Waals surface area (Å²) in [6.45, 7) is 1.81. The molecule has 0 atom stereocenters. The SMILES string of the molecule is Cc1c(NC(=S)c2ccc(O)cc2O)c(=O)n(-c2ccccc2)n1C. The fourth-order valence-electron chi connectivity index (χ4n) is 2.61. The number of anilines is 1. The van der Waals surface area contributed by atoms with Gasteiger partial charge in [-0.1, -0.05) is 30.4 Å². The third-order valence-electron chi connectivity index (χ3n) is 4.02. The first kappa shape index (κ1) is 16.8. The van der Waals surface area contributed by atoms with Gasteiger partial charge in [-0.25, -0.2) is 4.68 Å². The first-order chi connectivity index (χ1) is 11.9. The summed E-state index contributed by atoms with van der Waals surface area (Å²) in [5, 5.41) is 22.2. The number of rotatable bonds is 3. The maximum atomic E-state index is 12.8. The van der Waals surface area contributed by atoms with Crippen LogP contribution in [0.3, 0.4) is 0 Å². The van der Waals surface area contributed by atoms with E-state index in [2.05, 4.69) is 5.32 Å². The zero-order chi connectivity index (χ0) is 18.1. The summed E-state index contributed by atoms with van der Waals surface area (Å²) in [7, 11) is 1.79. The van der Waals surface area contributed by atoms with E-state index in [4.69, 9.17) is 12.2 Å². The molecule has 3 aromatic rings. The molecule has 0 radical (unpaired) electrons. The molecule has 0 saturated heterocycles. The van der Waals surface area contributed by atoms with Crippen LogP contribution in [-0.2, 0) is 7.05 Å². The Kier molecular flexibility index (Phi) is 4.33. The maximum absolute atomic E-state index is 12.8. The van der Waals surface area contributed by atoms with Crippen LogP contribution in [0.5, 0.6) is 11.5 Å². The number of nitrogens with one attached hydrogen (secondary N) is 1. The van der Waals surface area contributed by atoms with Gasteiger partial charge in [0.05, 0.1) is 16.9 Å². The lowest BCUT2D eigenvalue weighted by molar-refractivity contribution is 0.450. The van der Waals surface area contributed by atoms with Gasteiger partial charge in [-0.05, 0) is 31.2 Å². The van der Waals surface area contributed by atoms with Gasteiger partial charge in [-0.3, -0.25) is 9.48 Å². The van der Waals surface area contributed by atoms with Gasteiger partial charge in [0.1, 0.15) is 22.2 Å². The molecule has 0 unspecified atom stereocenters. The summed E-state index contributed by atoms with van der Waals surface area (Å²) in [5.74, 6) is -0.221. The summed E-state index contributed by atoms with van der Waals surface area (Å²) in [6, 6.07) is 13.4. The molecular formula is C18H17N3O3S. The van der Waals surface area contributed by atoms with E-state index in [0.717, 1.165) is 5.69 Å². The second-order valence-electron chi connectivity index (χ2n) is 5.59. The highest BCUT2D eigenvalue weighted by Crippen LogP contribution is 2.24. The molecule has 7 heteroatoms. The van der Waals surface area contributed by atoms with Crippen molar-refractivity contribution >= 4 is 22.9 Å². The second-order valence-corrected chi connectivity index (χ2v) is 6.00. The molecule has 0 spiro atoms.